The molecule has 9 heteroatoms. The van der Waals surface area contributed by atoms with Gasteiger partial charge in [0.05, 0.1) is 17.1 Å². The van der Waals surface area contributed by atoms with E-state index >= 15 is 0 Å². The van der Waals surface area contributed by atoms with Gasteiger partial charge in [-0.15, -0.1) is 0 Å². The number of sulfonamides is 1. The van der Waals surface area contributed by atoms with Crippen LogP contribution in [0.25, 0.3) is 0 Å². The van der Waals surface area contributed by atoms with E-state index in [0.717, 1.165) is 31.2 Å². The molecule has 0 heterocycles. The molecule has 0 atom stereocenters. The first-order valence-electron chi connectivity index (χ1n) is 10.3. The number of para-hydroxylation sites is 1. The Labute approximate surface area is 182 Å². The van der Waals surface area contributed by atoms with Gasteiger partial charge in [-0.3, -0.25) is 4.79 Å². The molecule has 2 aromatic rings. The number of rotatable bonds is 9. The molecule has 0 spiro atoms. The summed E-state index contributed by atoms with van der Waals surface area (Å²) in [7, 11) is -3.92. The van der Waals surface area contributed by atoms with E-state index < -0.39 is 22.0 Å². The lowest BCUT2D eigenvalue weighted by Gasteiger charge is -2.13. The second kappa shape index (κ2) is 10.3. The van der Waals surface area contributed by atoms with Crippen LogP contribution >= 0.6 is 0 Å². The van der Waals surface area contributed by atoms with Gasteiger partial charge in [0.15, 0.2) is 0 Å². The number of amides is 3. The molecule has 4 N–H and O–H groups in total. The summed E-state index contributed by atoms with van der Waals surface area (Å²) in [6, 6.07) is 12.5. The lowest BCUT2D eigenvalue weighted by Crippen LogP contribution is -2.43. The largest absolute Gasteiger partial charge is 0.493 e. The van der Waals surface area contributed by atoms with Crippen molar-refractivity contribution in [2.75, 3.05) is 6.61 Å². The van der Waals surface area contributed by atoms with Crippen LogP contribution in [0, 0.1) is 0 Å². The molecule has 3 rings (SSSR count). The highest BCUT2D eigenvalue weighted by atomic mass is 32.2. The predicted octanol–water partition coefficient (Wildman–Crippen LogP) is 2.73. The molecule has 1 aliphatic rings. The minimum atomic E-state index is -3.92. The summed E-state index contributed by atoms with van der Waals surface area (Å²) >= 11 is 0. The number of benzene rings is 2. The second-order valence-electron chi connectivity index (χ2n) is 7.52. The Kier molecular flexibility index (Phi) is 7.51. The molecule has 0 saturated heterocycles. The number of primary amides is 1. The Hall–Kier alpha value is -3.07. The van der Waals surface area contributed by atoms with Crippen molar-refractivity contribution in [3.05, 3.63) is 59.7 Å². The number of aryl methyl sites for hydroxylation is 1. The fraction of sp³-hybridized carbons (Fsp3) is 0.364. The van der Waals surface area contributed by atoms with Crippen LogP contribution in [-0.4, -0.2) is 33.0 Å². The monoisotopic (exact) mass is 445 g/mol. The topological polar surface area (TPSA) is 128 Å². The minimum Gasteiger partial charge on any atom is -0.493 e. The first-order valence-corrected chi connectivity index (χ1v) is 11.8. The Morgan fingerprint density at radius 2 is 1.71 bits per heavy atom. The Bertz CT molecular complexity index is 1020. The molecule has 0 unspecified atom stereocenters. The van der Waals surface area contributed by atoms with Crippen LogP contribution in [0.1, 0.15) is 48.0 Å². The van der Waals surface area contributed by atoms with Crippen molar-refractivity contribution < 1.29 is 22.7 Å². The number of hydrogen-bond acceptors (Lipinski definition) is 5. The lowest BCUT2D eigenvalue weighted by atomic mass is 10.1. The number of carbonyl (C=O) groups excluding carboxylic acids is 2. The van der Waals surface area contributed by atoms with Crippen molar-refractivity contribution in [1.29, 1.82) is 0 Å². The third kappa shape index (κ3) is 6.45. The Morgan fingerprint density at radius 1 is 1.03 bits per heavy atom. The van der Waals surface area contributed by atoms with Crippen molar-refractivity contribution in [2.24, 2.45) is 5.73 Å². The van der Waals surface area contributed by atoms with E-state index in [-0.39, 0.29) is 10.9 Å². The number of nitrogens with two attached hydrogens (primary N) is 1. The summed E-state index contributed by atoms with van der Waals surface area (Å²) < 4.78 is 32.5. The summed E-state index contributed by atoms with van der Waals surface area (Å²) in [5.74, 6) is -0.101. The summed E-state index contributed by atoms with van der Waals surface area (Å²) in [6.07, 6.45) is 5.17. The van der Waals surface area contributed by atoms with Gasteiger partial charge in [0.2, 0.25) is 0 Å². The maximum Gasteiger partial charge on any atom is 0.328 e. The van der Waals surface area contributed by atoms with Crippen LogP contribution in [0.15, 0.2) is 53.4 Å². The maximum atomic E-state index is 12.4. The predicted molar refractivity (Wildman–Crippen MR) is 116 cm³/mol. The van der Waals surface area contributed by atoms with Gasteiger partial charge in [0.1, 0.15) is 5.75 Å². The van der Waals surface area contributed by atoms with Gasteiger partial charge >= 0.3 is 6.03 Å². The third-order valence-corrected chi connectivity index (χ3v) is 6.52. The molecule has 31 heavy (non-hydrogen) atoms. The van der Waals surface area contributed by atoms with Crippen molar-refractivity contribution in [1.82, 2.24) is 10.0 Å². The summed E-state index contributed by atoms with van der Waals surface area (Å²) in [5.41, 5.74) is 6.60. The fourth-order valence-corrected chi connectivity index (χ4v) is 4.47. The zero-order valence-corrected chi connectivity index (χ0v) is 18.0. The van der Waals surface area contributed by atoms with Crippen molar-refractivity contribution in [3.63, 3.8) is 0 Å². The minimum absolute atomic E-state index is 0.0319. The SMILES string of the molecule is NC(=O)c1ccccc1OCCCc1ccc(S(=O)(=O)NC(=O)NC2CCCC2)cc1. The molecular formula is C22H27N3O5S. The first-order chi connectivity index (χ1) is 14.8. The summed E-state index contributed by atoms with van der Waals surface area (Å²) in [6.45, 7) is 0.382. The molecule has 166 valence electrons. The first kappa shape index (κ1) is 22.6. The number of carbonyl (C=O) groups is 2. The quantitative estimate of drug-likeness (QED) is 0.511. The molecule has 1 fully saturated rings. The summed E-state index contributed by atoms with van der Waals surface area (Å²) in [4.78, 5) is 23.4. The third-order valence-electron chi connectivity index (χ3n) is 5.17. The zero-order chi connectivity index (χ0) is 22.3. The van der Waals surface area contributed by atoms with E-state index in [1.165, 1.54) is 12.1 Å². The zero-order valence-electron chi connectivity index (χ0n) is 17.2. The van der Waals surface area contributed by atoms with E-state index in [0.29, 0.717) is 30.8 Å². The number of urea groups is 1. The molecule has 1 saturated carbocycles. The highest BCUT2D eigenvalue weighted by Gasteiger charge is 2.21. The molecule has 0 aromatic heterocycles. The van der Waals surface area contributed by atoms with E-state index in [4.69, 9.17) is 10.5 Å². The van der Waals surface area contributed by atoms with Crippen LogP contribution in [-0.2, 0) is 16.4 Å². The Balaban J connectivity index is 1.48. The van der Waals surface area contributed by atoms with Crippen LogP contribution in [0.2, 0.25) is 0 Å². The van der Waals surface area contributed by atoms with Crippen LogP contribution in [0.5, 0.6) is 5.75 Å². The lowest BCUT2D eigenvalue weighted by molar-refractivity contribution is 0.0996. The van der Waals surface area contributed by atoms with Crippen LogP contribution in [0.4, 0.5) is 4.79 Å². The van der Waals surface area contributed by atoms with E-state index in [2.05, 4.69) is 10.0 Å². The normalized spacial score (nSPS) is 14.2. The van der Waals surface area contributed by atoms with Gasteiger partial charge in [-0.2, -0.15) is 0 Å². The van der Waals surface area contributed by atoms with Gasteiger partial charge < -0.3 is 15.8 Å². The van der Waals surface area contributed by atoms with Gasteiger partial charge in [0, 0.05) is 6.04 Å². The van der Waals surface area contributed by atoms with Crippen molar-refractivity contribution in [3.8, 4) is 5.75 Å². The van der Waals surface area contributed by atoms with Gasteiger partial charge in [-0.1, -0.05) is 37.1 Å². The van der Waals surface area contributed by atoms with Gasteiger partial charge in [-0.25, -0.2) is 17.9 Å². The van der Waals surface area contributed by atoms with Crippen LogP contribution in [0.3, 0.4) is 0 Å². The highest BCUT2D eigenvalue weighted by molar-refractivity contribution is 7.90. The molecule has 0 radical (unpaired) electrons. The summed E-state index contributed by atoms with van der Waals surface area (Å²) in [5, 5.41) is 2.70. The maximum absolute atomic E-state index is 12.4. The average molecular weight is 446 g/mol. The van der Waals surface area contributed by atoms with Crippen LogP contribution < -0.4 is 20.5 Å². The number of ether oxygens (including phenoxy) is 1. The molecular weight excluding hydrogens is 418 g/mol. The smallest absolute Gasteiger partial charge is 0.328 e. The highest BCUT2D eigenvalue weighted by Crippen LogP contribution is 2.19. The number of nitrogens with one attached hydrogen (secondary N) is 2. The fourth-order valence-electron chi connectivity index (χ4n) is 3.56. The standard InChI is InChI=1S/C22H27N3O5S/c23-21(26)19-9-3-4-10-20(19)30-15-5-6-16-11-13-18(14-12-16)31(28,29)25-22(27)24-17-7-1-2-8-17/h3-4,9-14,17H,1-2,5-8,15H2,(H2,23,26)(H2,24,25,27). The van der Waals surface area contributed by atoms with Crippen molar-refractivity contribution in [2.45, 2.75) is 49.5 Å². The molecule has 3 amide bonds. The Morgan fingerprint density at radius 3 is 2.39 bits per heavy atom. The van der Waals surface area contributed by atoms with Crippen molar-refractivity contribution >= 4 is 22.0 Å². The molecule has 1 aliphatic carbocycles. The molecule has 0 aliphatic heterocycles. The van der Waals surface area contributed by atoms with E-state index in [1.807, 2.05) is 0 Å². The molecule has 0 bridgehead atoms. The van der Waals surface area contributed by atoms with Gasteiger partial charge in [0.25, 0.3) is 15.9 Å². The average Bonchev–Trinajstić information content (AvgIpc) is 3.24. The van der Waals surface area contributed by atoms with E-state index in [1.54, 1.807) is 36.4 Å². The second-order valence-corrected chi connectivity index (χ2v) is 9.20. The molecule has 8 nitrogen and oxygen atoms in total. The molecule has 2 aromatic carbocycles. The van der Waals surface area contributed by atoms with Gasteiger partial charge in [-0.05, 0) is 55.5 Å². The number of hydrogen-bond donors (Lipinski definition) is 3. The van der Waals surface area contributed by atoms with E-state index in [9.17, 15) is 18.0 Å².